The minimum absolute atomic E-state index is 0.437. The molecule has 0 rings (SSSR count). The zero-order chi connectivity index (χ0) is 11.8. The number of hydrogen-bond donors (Lipinski definition) is 0. The van der Waals surface area contributed by atoms with Crippen molar-refractivity contribution in [1.29, 1.82) is 0 Å². The van der Waals surface area contributed by atoms with Gasteiger partial charge < -0.3 is 9.64 Å². The van der Waals surface area contributed by atoms with Crippen molar-refractivity contribution in [2.75, 3.05) is 20.6 Å². The Morgan fingerprint density at radius 3 is 2.47 bits per heavy atom. The highest BCUT2D eigenvalue weighted by Crippen LogP contribution is 2.00. The van der Waals surface area contributed by atoms with E-state index in [1.807, 2.05) is 19.0 Å². The summed E-state index contributed by atoms with van der Waals surface area (Å²) < 4.78 is 4.44. The van der Waals surface area contributed by atoms with Crippen molar-refractivity contribution in [1.82, 2.24) is 4.90 Å². The lowest BCUT2D eigenvalue weighted by atomic mass is 10.2. The third kappa shape index (κ3) is 6.62. The number of carbonyl (C=O) groups is 2. The largest absolute Gasteiger partial charge is 0.386 e. The predicted octanol–water partition coefficient (Wildman–Crippen LogP) is 1.14. The van der Waals surface area contributed by atoms with Crippen molar-refractivity contribution in [2.24, 2.45) is 0 Å². The summed E-state index contributed by atoms with van der Waals surface area (Å²) in [5.41, 5.74) is 0.437. The number of nitrogens with zero attached hydrogens (tertiary/aromatic N) is 1. The molecule has 0 bridgehead atoms. The van der Waals surface area contributed by atoms with Crippen LogP contribution in [-0.4, -0.2) is 37.5 Å². The summed E-state index contributed by atoms with van der Waals surface area (Å²) in [5, 5.41) is 0. The highest BCUT2D eigenvalue weighted by Gasteiger charge is 2.08. The molecule has 0 radical (unpaired) electrons. The lowest BCUT2D eigenvalue weighted by molar-refractivity contribution is -0.153. The van der Waals surface area contributed by atoms with E-state index in [4.69, 9.17) is 0 Å². The maximum Gasteiger partial charge on any atom is 0.341 e. The van der Waals surface area contributed by atoms with Crippen LogP contribution in [0.5, 0.6) is 0 Å². The predicted molar refractivity (Wildman–Crippen MR) is 58.2 cm³/mol. The molecule has 0 spiro atoms. The van der Waals surface area contributed by atoms with Gasteiger partial charge in [0.05, 0.1) is 0 Å². The van der Waals surface area contributed by atoms with E-state index in [1.165, 1.54) is 0 Å². The summed E-state index contributed by atoms with van der Waals surface area (Å²) in [4.78, 5) is 23.9. The van der Waals surface area contributed by atoms with Crippen molar-refractivity contribution >= 4 is 11.9 Å². The monoisotopic (exact) mass is 211 g/mol. The zero-order valence-corrected chi connectivity index (χ0v) is 9.45. The van der Waals surface area contributed by atoms with Gasteiger partial charge in [0, 0.05) is 18.2 Å². The summed E-state index contributed by atoms with van der Waals surface area (Å²) in [6, 6.07) is 0. The van der Waals surface area contributed by atoms with E-state index >= 15 is 0 Å². The minimum Gasteiger partial charge on any atom is -0.386 e. The quantitative estimate of drug-likeness (QED) is 0.388. The Morgan fingerprint density at radius 2 is 2.00 bits per heavy atom. The molecule has 4 nitrogen and oxygen atoms in total. The number of rotatable bonds is 5. The highest BCUT2D eigenvalue weighted by atomic mass is 16.6. The maximum atomic E-state index is 11.2. The highest BCUT2D eigenvalue weighted by molar-refractivity contribution is 5.98. The average molecular weight is 211 g/mol. The van der Waals surface area contributed by atoms with E-state index in [0.717, 1.165) is 19.0 Å². The summed E-state index contributed by atoms with van der Waals surface area (Å²) in [5.74, 6) is -1.33. The molecule has 0 saturated carbocycles. The summed E-state index contributed by atoms with van der Waals surface area (Å²) in [6.07, 6.45) is 3.46. The molecule has 4 heteroatoms. The van der Waals surface area contributed by atoms with Crippen LogP contribution in [0.15, 0.2) is 24.3 Å². The summed E-state index contributed by atoms with van der Waals surface area (Å²) in [7, 11) is 3.89. The first-order valence-corrected chi connectivity index (χ1v) is 4.67. The topological polar surface area (TPSA) is 46.6 Å². The van der Waals surface area contributed by atoms with E-state index in [9.17, 15) is 9.59 Å². The van der Waals surface area contributed by atoms with Crippen LogP contribution in [0.4, 0.5) is 0 Å². The molecule has 0 aliphatic carbocycles. The van der Waals surface area contributed by atoms with E-state index < -0.39 is 11.9 Å². The molecule has 0 amide bonds. The molecular formula is C11H17NO3. The fourth-order valence-electron chi connectivity index (χ4n) is 0.836. The van der Waals surface area contributed by atoms with Crippen molar-refractivity contribution in [2.45, 2.75) is 13.3 Å². The van der Waals surface area contributed by atoms with E-state index in [-0.39, 0.29) is 0 Å². The van der Waals surface area contributed by atoms with Crippen LogP contribution in [0.25, 0.3) is 0 Å². The molecule has 0 saturated heterocycles. The molecular weight excluding hydrogens is 194 g/mol. The first-order chi connectivity index (χ1) is 6.97. The molecule has 0 aliphatic rings. The molecule has 0 aromatic rings. The zero-order valence-electron chi connectivity index (χ0n) is 9.45. The Morgan fingerprint density at radius 1 is 1.40 bits per heavy atom. The Kier molecular flexibility index (Phi) is 6.29. The second-order valence-corrected chi connectivity index (χ2v) is 3.39. The van der Waals surface area contributed by atoms with Crippen LogP contribution < -0.4 is 0 Å². The van der Waals surface area contributed by atoms with Crippen LogP contribution in [-0.2, 0) is 14.3 Å². The van der Waals surface area contributed by atoms with Gasteiger partial charge in [0.1, 0.15) is 0 Å². The van der Waals surface area contributed by atoms with Gasteiger partial charge >= 0.3 is 11.9 Å². The van der Waals surface area contributed by atoms with Crippen LogP contribution in [0.2, 0.25) is 0 Å². The van der Waals surface area contributed by atoms with Crippen LogP contribution in [0.3, 0.4) is 0 Å². The van der Waals surface area contributed by atoms with Crippen LogP contribution in [0.1, 0.15) is 13.3 Å². The molecule has 0 N–H and O–H groups in total. The fraction of sp³-hybridized carbons (Fsp3) is 0.455. The normalized spacial score (nSPS) is 11.3. The first kappa shape index (κ1) is 13.6. The lowest BCUT2D eigenvalue weighted by Crippen LogP contribution is -2.13. The standard InChI is InChI=1S/C11H17NO3/c1-5-10(13)15-11(14)9(2)7-6-8-12(3)4/h5,7H,1,6,8H2,2-4H3. The third-order valence-corrected chi connectivity index (χ3v) is 1.71. The van der Waals surface area contributed by atoms with Gasteiger partial charge in [0.25, 0.3) is 0 Å². The molecule has 0 heterocycles. The van der Waals surface area contributed by atoms with Crippen molar-refractivity contribution in [3.8, 4) is 0 Å². The van der Waals surface area contributed by atoms with Crippen molar-refractivity contribution < 1.29 is 14.3 Å². The van der Waals surface area contributed by atoms with Gasteiger partial charge in [0.2, 0.25) is 0 Å². The van der Waals surface area contributed by atoms with Crippen LogP contribution >= 0.6 is 0 Å². The SMILES string of the molecule is C=CC(=O)OC(=O)C(C)=CCCN(C)C. The van der Waals surface area contributed by atoms with Crippen LogP contribution in [0, 0.1) is 0 Å². The maximum absolute atomic E-state index is 11.2. The number of ether oxygens (including phenoxy) is 1. The van der Waals surface area contributed by atoms with Crippen molar-refractivity contribution in [3.63, 3.8) is 0 Å². The second-order valence-electron chi connectivity index (χ2n) is 3.39. The lowest BCUT2D eigenvalue weighted by Gasteiger charge is -2.06. The Bertz CT molecular complexity index is 280. The minimum atomic E-state index is -0.722. The molecule has 0 atom stereocenters. The Labute approximate surface area is 90.2 Å². The average Bonchev–Trinajstić information content (AvgIpc) is 2.16. The van der Waals surface area contributed by atoms with Gasteiger partial charge in [0.15, 0.2) is 0 Å². The molecule has 15 heavy (non-hydrogen) atoms. The number of hydrogen-bond acceptors (Lipinski definition) is 4. The van der Waals surface area contributed by atoms with Gasteiger partial charge in [-0.15, -0.1) is 0 Å². The second kappa shape index (κ2) is 6.95. The molecule has 0 aromatic carbocycles. The summed E-state index contributed by atoms with van der Waals surface area (Å²) >= 11 is 0. The Balaban J connectivity index is 4.07. The van der Waals surface area contributed by atoms with E-state index in [2.05, 4.69) is 11.3 Å². The van der Waals surface area contributed by atoms with Crippen molar-refractivity contribution in [3.05, 3.63) is 24.3 Å². The third-order valence-electron chi connectivity index (χ3n) is 1.71. The number of carbonyl (C=O) groups excluding carboxylic acids is 2. The molecule has 0 aromatic heterocycles. The van der Waals surface area contributed by atoms with Gasteiger partial charge in [-0.3, -0.25) is 0 Å². The molecule has 84 valence electrons. The smallest absolute Gasteiger partial charge is 0.341 e. The van der Waals surface area contributed by atoms with E-state index in [0.29, 0.717) is 5.57 Å². The Hall–Kier alpha value is -1.42. The first-order valence-electron chi connectivity index (χ1n) is 4.67. The van der Waals surface area contributed by atoms with Gasteiger partial charge in [-0.2, -0.15) is 0 Å². The van der Waals surface area contributed by atoms with Gasteiger partial charge in [-0.25, -0.2) is 9.59 Å². The fourth-order valence-corrected chi connectivity index (χ4v) is 0.836. The molecule has 0 fully saturated rings. The number of esters is 2. The molecule has 0 unspecified atom stereocenters. The van der Waals surface area contributed by atoms with Gasteiger partial charge in [-0.05, 0) is 27.4 Å². The summed E-state index contributed by atoms with van der Waals surface area (Å²) in [6.45, 7) is 5.67. The van der Waals surface area contributed by atoms with E-state index in [1.54, 1.807) is 13.0 Å². The molecule has 0 aliphatic heterocycles. The van der Waals surface area contributed by atoms with Gasteiger partial charge in [-0.1, -0.05) is 12.7 Å².